The molecule has 0 aliphatic rings. The molecule has 0 aromatic heterocycles. The van der Waals surface area contributed by atoms with Crippen molar-refractivity contribution < 1.29 is 14.6 Å². The summed E-state index contributed by atoms with van der Waals surface area (Å²) in [7, 11) is 0. The summed E-state index contributed by atoms with van der Waals surface area (Å²) in [4.78, 5) is 0. The second kappa shape index (κ2) is 4.69. The highest BCUT2D eigenvalue weighted by molar-refractivity contribution is 9.10. The molecule has 1 unspecified atom stereocenters. The fourth-order valence-corrected chi connectivity index (χ4v) is 1.26. The first kappa shape index (κ1) is 10.6. The standard InChI is InChI=1S/C9H10BrFO2/c10-7-2-1-6(5-8(7)11)9(13)3-4-12/h1-2,5,9,12-13H,3-4H2. The minimum Gasteiger partial charge on any atom is -0.396 e. The normalized spacial score (nSPS) is 12.9. The van der Waals surface area contributed by atoms with Gasteiger partial charge in [-0.3, -0.25) is 0 Å². The smallest absolute Gasteiger partial charge is 0.137 e. The van der Waals surface area contributed by atoms with Crippen LogP contribution in [-0.4, -0.2) is 16.8 Å². The molecule has 1 rings (SSSR count). The lowest BCUT2D eigenvalue weighted by molar-refractivity contribution is 0.134. The summed E-state index contributed by atoms with van der Waals surface area (Å²) in [6, 6.07) is 4.41. The molecule has 1 aromatic rings. The lowest BCUT2D eigenvalue weighted by atomic mass is 10.1. The molecule has 0 fully saturated rings. The van der Waals surface area contributed by atoms with E-state index in [0.29, 0.717) is 10.0 Å². The zero-order valence-corrected chi connectivity index (χ0v) is 8.46. The van der Waals surface area contributed by atoms with Crippen LogP contribution in [0.1, 0.15) is 18.1 Å². The van der Waals surface area contributed by atoms with Gasteiger partial charge in [0, 0.05) is 13.0 Å². The van der Waals surface area contributed by atoms with E-state index in [9.17, 15) is 9.50 Å². The van der Waals surface area contributed by atoms with Crippen LogP contribution in [0.3, 0.4) is 0 Å². The third kappa shape index (κ3) is 2.76. The molecule has 0 radical (unpaired) electrons. The van der Waals surface area contributed by atoms with Crippen molar-refractivity contribution in [3.63, 3.8) is 0 Å². The number of benzene rings is 1. The Morgan fingerprint density at radius 3 is 2.69 bits per heavy atom. The van der Waals surface area contributed by atoms with E-state index in [4.69, 9.17) is 5.11 Å². The Morgan fingerprint density at radius 2 is 2.15 bits per heavy atom. The second-order valence-electron chi connectivity index (χ2n) is 2.70. The molecule has 2 N–H and O–H groups in total. The number of hydrogen-bond donors (Lipinski definition) is 2. The topological polar surface area (TPSA) is 40.5 Å². The minimum absolute atomic E-state index is 0.112. The predicted octanol–water partition coefficient (Wildman–Crippen LogP) is 2.00. The molecule has 0 aliphatic heterocycles. The highest BCUT2D eigenvalue weighted by atomic mass is 79.9. The van der Waals surface area contributed by atoms with Crippen LogP contribution in [0.25, 0.3) is 0 Å². The van der Waals surface area contributed by atoms with Crippen LogP contribution < -0.4 is 0 Å². The van der Waals surface area contributed by atoms with Gasteiger partial charge in [-0.05, 0) is 33.6 Å². The molecule has 0 bridgehead atoms. The molecule has 0 spiro atoms. The van der Waals surface area contributed by atoms with E-state index in [1.165, 1.54) is 12.1 Å². The highest BCUT2D eigenvalue weighted by Crippen LogP contribution is 2.22. The first-order valence-corrected chi connectivity index (χ1v) is 4.68. The first-order chi connectivity index (χ1) is 6.15. The lowest BCUT2D eigenvalue weighted by Crippen LogP contribution is -2.00. The van der Waals surface area contributed by atoms with Crippen molar-refractivity contribution in [3.05, 3.63) is 34.1 Å². The average Bonchev–Trinajstić information content (AvgIpc) is 2.10. The van der Waals surface area contributed by atoms with Crippen molar-refractivity contribution in [2.75, 3.05) is 6.61 Å². The van der Waals surface area contributed by atoms with E-state index in [2.05, 4.69) is 15.9 Å². The van der Waals surface area contributed by atoms with Crippen molar-refractivity contribution in [2.45, 2.75) is 12.5 Å². The van der Waals surface area contributed by atoms with Gasteiger partial charge in [0.05, 0.1) is 10.6 Å². The first-order valence-electron chi connectivity index (χ1n) is 3.89. The molecule has 13 heavy (non-hydrogen) atoms. The number of halogens is 2. The Morgan fingerprint density at radius 1 is 1.46 bits per heavy atom. The molecule has 0 heterocycles. The third-order valence-corrected chi connectivity index (χ3v) is 2.37. The molecule has 0 amide bonds. The number of rotatable bonds is 3. The van der Waals surface area contributed by atoms with E-state index in [1.54, 1.807) is 6.07 Å². The second-order valence-corrected chi connectivity index (χ2v) is 3.56. The number of aliphatic hydroxyl groups is 2. The lowest BCUT2D eigenvalue weighted by Gasteiger charge is -2.09. The van der Waals surface area contributed by atoms with Crippen LogP contribution >= 0.6 is 15.9 Å². The van der Waals surface area contributed by atoms with Crippen LogP contribution in [0, 0.1) is 5.82 Å². The van der Waals surface area contributed by atoms with Crippen molar-refractivity contribution >= 4 is 15.9 Å². The molecule has 4 heteroatoms. The van der Waals surface area contributed by atoms with E-state index in [1.807, 2.05) is 0 Å². The van der Waals surface area contributed by atoms with Gasteiger partial charge in [-0.2, -0.15) is 0 Å². The van der Waals surface area contributed by atoms with Gasteiger partial charge in [-0.15, -0.1) is 0 Å². The molecule has 1 atom stereocenters. The molecule has 0 saturated heterocycles. The fourth-order valence-electron chi connectivity index (χ4n) is 1.01. The van der Waals surface area contributed by atoms with E-state index in [0.717, 1.165) is 0 Å². The van der Waals surface area contributed by atoms with Gasteiger partial charge < -0.3 is 10.2 Å². The fraction of sp³-hybridized carbons (Fsp3) is 0.333. The van der Waals surface area contributed by atoms with Crippen LogP contribution in [-0.2, 0) is 0 Å². The Kier molecular flexibility index (Phi) is 3.84. The maximum Gasteiger partial charge on any atom is 0.137 e. The van der Waals surface area contributed by atoms with Crippen molar-refractivity contribution in [3.8, 4) is 0 Å². The maximum atomic E-state index is 13.0. The molecule has 1 aromatic carbocycles. The summed E-state index contributed by atoms with van der Waals surface area (Å²) in [6.45, 7) is -0.112. The summed E-state index contributed by atoms with van der Waals surface area (Å²) < 4.78 is 13.3. The third-order valence-electron chi connectivity index (χ3n) is 1.73. The Hall–Kier alpha value is -0.450. The average molecular weight is 249 g/mol. The van der Waals surface area contributed by atoms with Gasteiger partial charge in [0.1, 0.15) is 5.82 Å². The predicted molar refractivity (Wildman–Crippen MR) is 50.8 cm³/mol. The Balaban J connectivity index is 2.84. The van der Waals surface area contributed by atoms with Crippen molar-refractivity contribution in [1.29, 1.82) is 0 Å². The number of hydrogen-bond acceptors (Lipinski definition) is 2. The van der Waals surface area contributed by atoms with E-state index >= 15 is 0 Å². The highest BCUT2D eigenvalue weighted by Gasteiger charge is 2.08. The van der Waals surface area contributed by atoms with E-state index < -0.39 is 11.9 Å². The monoisotopic (exact) mass is 248 g/mol. The van der Waals surface area contributed by atoms with Gasteiger partial charge in [-0.1, -0.05) is 6.07 Å². The summed E-state index contributed by atoms with van der Waals surface area (Å²) in [5.41, 5.74) is 0.481. The number of aliphatic hydroxyl groups excluding tert-OH is 2. The summed E-state index contributed by atoms with van der Waals surface area (Å²) in [6.07, 6.45) is -0.575. The van der Waals surface area contributed by atoms with Crippen LogP contribution in [0.15, 0.2) is 22.7 Å². The van der Waals surface area contributed by atoms with Crippen molar-refractivity contribution in [1.82, 2.24) is 0 Å². The summed E-state index contributed by atoms with van der Waals surface area (Å²) >= 11 is 3.01. The quantitative estimate of drug-likeness (QED) is 0.860. The van der Waals surface area contributed by atoms with Crippen LogP contribution in [0.4, 0.5) is 4.39 Å². The van der Waals surface area contributed by atoms with Crippen LogP contribution in [0.5, 0.6) is 0 Å². The van der Waals surface area contributed by atoms with Gasteiger partial charge in [0.2, 0.25) is 0 Å². The molecular weight excluding hydrogens is 239 g/mol. The van der Waals surface area contributed by atoms with Gasteiger partial charge >= 0.3 is 0 Å². The molecule has 0 aliphatic carbocycles. The minimum atomic E-state index is -0.799. The largest absolute Gasteiger partial charge is 0.396 e. The van der Waals surface area contributed by atoms with Gasteiger partial charge in [0.15, 0.2) is 0 Å². The van der Waals surface area contributed by atoms with E-state index in [-0.39, 0.29) is 13.0 Å². The summed E-state index contributed by atoms with van der Waals surface area (Å²) in [5, 5.41) is 18.0. The molecular formula is C9H10BrFO2. The molecule has 72 valence electrons. The molecule has 2 nitrogen and oxygen atoms in total. The molecule has 0 saturated carbocycles. The Labute approximate surface area is 84.1 Å². The van der Waals surface area contributed by atoms with Crippen LogP contribution in [0.2, 0.25) is 0 Å². The van der Waals surface area contributed by atoms with Crippen molar-refractivity contribution in [2.24, 2.45) is 0 Å². The Bertz CT molecular complexity index is 291. The zero-order chi connectivity index (χ0) is 9.84. The SMILES string of the molecule is OCCC(O)c1ccc(Br)c(F)c1. The zero-order valence-electron chi connectivity index (χ0n) is 6.87. The van der Waals surface area contributed by atoms with Gasteiger partial charge in [0.25, 0.3) is 0 Å². The summed E-state index contributed by atoms with van der Waals surface area (Å²) in [5.74, 6) is -0.408. The van der Waals surface area contributed by atoms with Gasteiger partial charge in [-0.25, -0.2) is 4.39 Å². The maximum absolute atomic E-state index is 13.0.